The Labute approximate surface area is 111 Å². The average Bonchev–Trinajstić information content (AvgIpc) is 2.40. The molecule has 0 bridgehead atoms. The van der Waals surface area contributed by atoms with E-state index in [1.165, 1.54) is 17.0 Å². The molecule has 1 rings (SSSR count). The molecular formula is C13H19FN2O3. The number of rotatable bonds is 7. The first-order chi connectivity index (χ1) is 9.17. The average molecular weight is 270 g/mol. The molecule has 0 heterocycles. The summed E-state index contributed by atoms with van der Waals surface area (Å²) in [5.41, 5.74) is 0.928. The van der Waals surface area contributed by atoms with Crippen molar-refractivity contribution >= 4 is 6.03 Å². The van der Waals surface area contributed by atoms with Crippen molar-refractivity contribution in [2.45, 2.75) is 6.42 Å². The fourth-order valence-electron chi connectivity index (χ4n) is 1.63. The van der Waals surface area contributed by atoms with Crippen molar-refractivity contribution in [2.75, 3.05) is 32.8 Å². The highest BCUT2D eigenvalue weighted by molar-refractivity contribution is 5.74. The first-order valence-corrected chi connectivity index (χ1v) is 6.16. The van der Waals surface area contributed by atoms with Gasteiger partial charge in [0.05, 0.1) is 13.2 Å². The summed E-state index contributed by atoms with van der Waals surface area (Å²) < 4.78 is 12.7. The lowest BCUT2D eigenvalue weighted by Crippen LogP contribution is -2.43. The summed E-state index contributed by atoms with van der Waals surface area (Å²) in [6.45, 7) is 0.487. The highest BCUT2D eigenvalue weighted by Gasteiger charge is 2.11. The molecule has 0 saturated carbocycles. The molecule has 6 heteroatoms. The van der Waals surface area contributed by atoms with Crippen molar-refractivity contribution in [3.8, 4) is 0 Å². The summed E-state index contributed by atoms with van der Waals surface area (Å²) in [6, 6.07) is 5.76. The number of aliphatic hydroxyl groups is 2. The molecule has 2 amide bonds. The Morgan fingerprint density at radius 2 is 1.74 bits per heavy atom. The van der Waals surface area contributed by atoms with Gasteiger partial charge in [-0.25, -0.2) is 9.18 Å². The second-order valence-electron chi connectivity index (χ2n) is 4.04. The third-order valence-electron chi connectivity index (χ3n) is 2.63. The molecule has 3 N–H and O–H groups in total. The van der Waals surface area contributed by atoms with Crippen LogP contribution >= 0.6 is 0 Å². The third-order valence-corrected chi connectivity index (χ3v) is 2.63. The van der Waals surface area contributed by atoms with Crippen LogP contribution in [-0.2, 0) is 6.42 Å². The van der Waals surface area contributed by atoms with Gasteiger partial charge in [0.15, 0.2) is 0 Å². The van der Waals surface area contributed by atoms with Gasteiger partial charge in [-0.05, 0) is 24.1 Å². The minimum absolute atomic E-state index is 0.147. The number of nitrogens with one attached hydrogen (secondary N) is 1. The maximum atomic E-state index is 12.7. The molecule has 0 aliphatic carbocycles. The first kappa shape index (κ1) is 15.4. The number of aliphatic hydroxyl groups excluding tert-OH is 2. The van der Waals surface area contributed by atoms with Crippen LogP contribution in [0.2, 0.25) is 0 Å². The van der Waals surface area contributed by atoms with Crippen LogP contribution in [-0.4, -0.2) is 54.0 Å². The van der Waals surface area contributed by atoms with Crippen LogP contribution < -0.4 is 5.32 Å². The molecular weight excluding hydrogens is 251 g/mol. The first-order valence-electron chi connectivity index (χ1n) is 6.16. The second kappa shape index (κ2) is 8.44. The number of carbonyl (C=O) groups excluding carboxylic acids is 1. The standard InChI is InChI=1S/C13H19FN2O3/c14-12-3-1-11(2-4-12)5-6-15-13(19)16(7-9-17)8-10-18/h1-4,17-18H,5-10H2,(H,15,19). The lowest BCUT2D eigenvalue weighted by molar-refractivity contribution is 0.158. The molecule has 5 nitrogen and oxygen atoms in total. The zero-order valence-electron chi connectivity index (χ0n) is 10.7. The maximum Gasteiger partial charge on any atom is 0.317 e. The van der Waals surface area contributed by atoms with Gasteiger partial charge < -0.3 is 20.4 Å². The van der Waals surface area contributed by atoms with Crippen LogP contribution in [0.3, 0.4) is 0 Å². The minimum atomic E-state index is -0.329. The van der Waals surface area contributed by atoms with Crippen LogP contribution in [0, 0.1) is 5.82 Å². The highest BCUT2D eigenvalue weighted by atomic mass is 19.1. The van der Waals surface area contributed by atoms with Crippen LogP contribution in [0.5, 0.6) is 0 Å². The zero-order chi connectivity index (χ0) is 14.1. The number of hydrogen-bond acceptors (Lipinski definition) is 3. The van der Waals surface area contributed by atoms with Gasteiger partial charge >= 0.3 is 6.03 Å². The number of nitrogens with zero attached hydrogens (tertiary/aromatic N) is 1. The van der Waals surface area contributed by atoms with Crippen LogP contribution in [0.15, 0.2) is 24.3 Å². The van der Waals surface area contributed by atoms with E-state index in [1.54, 1.807) is 12.1 Å². The number of amides is 2. The number of urea groups is 1. The van der Waals surface area contributed by atoms with E-state index in [0.717, 1.165) is 5.56 Å². The second-order valence-corrected chi connectivity index (χ2v) is 4.04. The monoisotopic (exact) mass is 270 g/mol. The Kier molecular flexibility index (Phi) is 6.84. The molecule has 0 aliphatic heterocycles. The lowest BCUT2D eigenvalue weighted by Gasteiger charge is -2.21. The van der Waals surface area contributed by atoms with Crippen molar-refractivity contribution in [1.29, 1.82) is 0 Å². The van der Waals surface area contributed by atoms with Gasteiger partial charge in [-0.2, -0.15) is 0 Å². The summed E-state index contributed by atoms with van der Waals surface area (Å²) in [7, 11) is 0. The van der Waals surface area contributed by atoms with Gasteiger partial charge in [0.25, 0.3) is 0 Å². The summed E-state index contributed by atoms with van der Waals surface area (Å²) >= 11 is 0. The Morgan fingerprint density at radius 3 is 2.26 bits per heavy atom. The van der Waals surface area contributed by atoms with Crippen molar-refractivity contribution in [3.63, 3.8) is 0 Å². The molecule has 0 saturated heterocycles. The van der Waals surface area contributed by atoms with Gasteiger partial charge in [-0.15, -0.1) is 0 Å². The van der Waals surface area contributed by atoms with E-state index in [1.807, 2.05) is 0 Å². The number of carbonyl (C=O) groups is 1. The van der Waals surface area contributed by atoms with Gasteiger partial charge in [-0.3, -0.25) is 0 Å². The SMILES string of the molecule is O=C(NCCc1ccc(F)cc1)N(CCO)CCO. The van der Waals surface area contributed by atoms with E-state index < -0.39 is 0 Å². The molecule has 0 atom stereocenters. The van der Waals surface area contributed by atoms with E-state index in [9.17, 15) is 9.18 Å². The van der Waals surface area contributed by atoms with Crippen molar-refractivity contribution < 1.29 is 19.4 Å². The molecule has 0 spiro atoms. The molecule has 0 unspecified atom stereocenters. The lowest BCUT2D eigenvalue weighted by atomic mass is 10.1. The van der Waals surface area contributed by atoms with E-state index in [2.05, 4.69) is 5.32 Å². The molecule has 0 fully saturated rings. The van der Waals surface area contributed by atoms with Crippen LogP contribution in [0.1, 0.15) is 5.56 Å². The molecule has 1 aromatic rings. The van der Waals surface area contributed by atoms with E-state index in [-0.39, 0.29) is 38.2 Å². The normalized spacial score (nSPS) is 10.3. The summed E-state index contributed by atoms with van der Waals surface area (Å²) in [5.74, 6) is -0.287. The fourth-order valence-corrected chi connectivity index (χ4v) is 1.63. The van der Waals surface area contributed by atoms with E-state index in [0.29, 0.717) is 13.0 Å². The van der Waals surface area contributed by atoms with Gasteiger partial charge in [0.1, 0.15) is 5.82 Å². The molecule has 1 aromatic carbocycles. The third kappa shape index (κ3) is 5.67. The summed E-state index contributed by atoms with van der Waals surface area (Å²) in [4.78, 5) is 13.0. The molecule has 106 valence electrons. The molecule has 19 heavy (non-hydrogen) atoms. The summed E-state index contributed by atoms with van der Waals surface area (Å²) in [5, 5.41) is 20.3. The van der Waals surface area contributed by atoms with Crippen molar-refractivity contribution in [3.05, 3.63) is 35.6 Å². The molecule has 0 aromatic heterocycles. The molecule has 0 aliphatic rings. The smallest absolute Gasteiger partial charge is 0.317 e. The van der Waals surface area contributed by atoms with E-state index in [4.69, 9.17) is 10.2 Å². The van der Waals surface area contributed by atoms with E-state index >= 15 is 0 Å². The number of hydrogen-bond donors (Lipinski definition) is 3. The quantitative estimate of drug-likeness (QED) is 0.670. The maximum absolute atomic E-state index is 12.7. The fraction of sp³-hybridized carbons (Fsp3) is 0.462. The zero-order valence-corrected chi connectivity index (χ0v) is 10.7. The predicted octanol–water partition coefficient (Wildman–Crippen LogP) is 0.364. The van der Waals surface area contributed by atoms with Gasteiger partial charge in [0, 0.05) is 19.6 Å². The van der Waals surface area contributed by atoms with Crippen molar-refractivity contribution in [1.82, 2.24) is 10.2 Å². The Bertz CT molecular complexity index is 378. The van der Waals surface area contributed by atoms with Gasteiger partial charge in [0.2, 0.25) is 0 Å². The predicted molar refractivity (Wildman–Crippen MR) is 69.2 cm³/mol. The number of benzene rings is 1. The van der Waals surface area contributed by atoms with Gasteiger partial charge in [-0.1, -0.05) is 12.1 Å². The topological polar surface area (TPSA) is 72.8 Å². The Morgan fingerprint density at radius 1 is 1.16 bits per heavy atom. The largest absolute Gasteiger partial charge is 0.395 e. The molecule has 0 radical (unpaired) electrons. The Hall–Kier alpha value is -1.66. The number of halogens is 1. The van der Waals surface area contributed by atoms with Crippen LogP contribution in [0.4, 0.5) is 9.18 Å². The van der Waals surface area contributed by atoms with Crippen LogP contribution in [0.25, 0.3) is 0 Å². The highest BCUT2D eigenvalue weighted by Crippen LogP contribution is 2.02. The summed E-state index contributed by atoms with van der Waals surface area (Å²) in [6.07, 6.45) is 0.595. The Balaban J connectivity index is 2.34. The van der Waals surface area contributed by atoms with Crippen molar-refractivity contribution in [2.24, 2.45) is 0 Å². The minimum Gasteiger partial charge on any atom is -0.395 e.